The molecule has 17 heavy (non-hydrogen) atoms. The molecule has 0 aromatic carbocycles. The van der Waals surface area contributed by atoms with Crippen LogP contribution in [0.25, 0.3) is 11.6 Å². The van der Waals surface area contributed by atoms with Crippen LogP contribution in [-0.4, -0.2) is 15.2 Å². The van der Waals surface area contributed by atoms with Gasteiger partial charge in [-0.05, 0) is 43.0 Å². The summed E-state index contributed by atoms with van der Waals surface area (Å²) in [5.41, 5.74) is 3.45. The normalized spacial score (nSPS) is 15.6. The topological polar surface area (TPSA) is 64.4 Å². The molecule has 1 fully saturated rings. The van der Waals surface area contributed by atoms with Crippen LogP contribution >= 0.6 is 0 Å². The fourth-order valence-corrected chi connectivity index (χ4v) is 2.00. The molecule has 0 radical (unpaired) electrons. The summed E-state index contributed by atoms with van der Waals surface area (Å²) in [5, 5.41) is 7.32. The zero-order valence-electron chi connectivity index (χ0n) is 9.76. The molecule has 1 saturated carbocycles. The van der Waals surface area contributed by atoms with E-state index >= 15 is 0 Å². The largest absolute Gasteiger partial charge is 0.359 e. The average molecular weight is 229 g/mol. The predicted octanol–water partition coefficient (Wildman–Crippen LogP) is 0.367. The summed E-state index contributed by atoms with van der Waals surface area (Å²) in [6.07, 6.45) is 5.08. The molecule has 0 saturated heterocycles. The van der Waals surface area contributed by atoms with Crippen molar-refractivity contribution in [2.75, 3.05) is 0 Å². The van der Waals surface area contributed by atoms with Crippen molar-refractivity contribution < 1.29 is 0 Å². The maximum atomic E-state index is 11.7. The van der Waals surface area contributed by atoms with E-state index in [1.165, 1.54) is 11.3 Å². The van der Waals surface area contributed by atoms with Crippen molar-refractivity contribution in [2.24, 2.45) is 0 Å². The first-order chi connectivity index (χ1) is 8.28. The van der Waals surface area contributed by atoms with E-state index in [0.717, 1.165) is 35.5 Å². The second-order valence-electron chi connectivity index (χ2n) is 4.41. The molecule has 0 unspecified atom stereocenters. The van der Waals surface area contributed by atoms with E-state index in [1.54, 1.807) is 0 Å². The van der Waals surface area contributed by atoms with Crippen LogP contribution in [0.1, 0.15) is 31.2 Å². The Morgan fingerprint density at radius 2 is 2.12 bits per heavy atom. The van der Waals surface area contributed by atoms with E-state index in [0.29, 0.717) is 0 Å². The maximum Gasteiger partial charge on any atom is 0.271 e. The number of nitrogens with one attached hydrogen (secondary N) is 3. The highest BCUT2D eigenvalue weighted by molar-refractivity contribution is 5.58. The van der Waals surface area contributed by atoms with Gasteiger partial charge in [0.2, 0.25) is 0 Å². The van der Waals surface area contributed by atoms with Crippen molar-refractivity contribution in [3.8, 4) is 0 Å². The first kappa shape index (κ1) is 10.2. The molecule has 2 aromatic heterocycles. The van der Waals surface area contributed by atoms with Gasteiger partial charge in [-0.2, -0.15) is 0 Å². The minimum atomic E-state index is -0.0490. The van der Waals surface area contributed by atoms with Crippen molar-refractivity contribution in [3.63, 3.8) is 0 Å². The minimum absolute atomic E-state index is 0.0490. The van der Waals surface area contributed by atoms with E-state index in [1.807, 2.05) is 12.1 Å². The summed E-state index contributed by atoms with van der Waals surface area (Å²) in [5.74, 6) is 0. The summed E-state index contributed by atoms with van der Waals surface area (Å²) >= 11 is 0. The van der Waals surface area contributed by atoms with Crippen LogP contribution in [-0.2, 0) is 6.42 Å². The quantitative estimate of drug-likeness (QED) is 0.684. The van der Waals surface area contributed by atoms with Crippen LogP contribution in [0.5, 0.6) is 0 Å². The molecule has 0 aliphatic heterocycles. The summed E-state index contributed by atoms with van der Waals surface area (Å²) in [4.78, 5) is 15.0. The monoisotopic (exact) mass is 229 g/mol. The van der Waals surface area contributed by atoms with Crippen LogP contribution in [0.3, 0.4) is 0 Å². The molecule has 4 nitrogen and oxygen atoms in total. The van der Waals surface area contributed by atoms with Crippen molar-refractivity contribution in [2.45, 2.75) is 26.2 Å². The molecule has 0 spiro atoms. The van der Waals surface area contributed by atoms with Crippen molar-refractivity contribution in [1.29, 1.82) is 0 Å². The molecule has 3 N–H and O–H groups in total. The number of aromatic nitrogens is 3. The van der Waals surface area contributed by atoms with Gasteiger partial charge < -0.3 is 4.98 Å². The minimum Gasteiger partial charge on any atom is -0.359 e. The van der Waals surface area contributed by atoms with Gasteiger partial charge in [0, 0.05) is 11.4 Å². The van der Waals surface area contributed by atoms with Gasteiger partial charge in [0.05, 0.1) is 10.6 Å². The number of aryl methyl sites for hydroxylation is 1. The molecule has 2 heterocycles. The molecule has 2 aromatic rings. The number of H-pyrrole nitrogens is 3. The Balaban J connectivity index is 2.19. The second-order valence-corrected chi connectivity index (χ2v) is 4.41. The fourth-order valence-electron chi connectivity index (χ4n) is 2.00. The number of aromatic amines is 3. The third kappa shape index (κ3) is 1.86. The number of hydrogen-bond acceptors (Lipinski definition) is 1. The van der Waals surface area contributed by atoms with Gasteiger partial charge in [0.25, 0.3) is 5.56 Å². The summed E-state index contributed by atoms with van der Waals surface area (Å²) in [6.45, 7) is 2.10. The lowest BCUT2D eigenvalue weighted by Crippen LogP contribution is -2.33. The average Bonchev–Trinajstić information content (AvgIpc) is 2.97. The van der Waals surface area contributed by atoms with E-state index < -0.39 is 0 Å². The zero-order chi connectivity index (χ0) is 11.8. The van der Waals surface area contributed by atoms with Crippen LogP contribution in [0, 0.1) is 0 Å². The van der Waals surface area contributed by atoms with Gasteiger partial charge in [0.1, 0.15) is 0 Å². The van der Waals surface area contributed by atoms with Crippen LogP contribution < -0.4 is 16.1 Å². The Morgan fingerprint density at radius 3 is 2.76 bits per heavy atom. The lowest BCUT2D eigenvalue weighted by Gasteiger charge is -1.87. The summed E-state index contributed by atoms with van der Waals surface area (Å²) in [7, 11) is 0. The second kappa shape index (κ2) is 3.80. The molecular formula is C13H15N3O. The van der Waals surface area contributed by atoms with Crippen molar-refractivity contribution in [1.82, 2.24) is 15.2 Å². The van der Waals surface area contributed by atoms with Gasteiger partial charge in [-0.3, -0.25) is 15.0 Å². The van der Waals surface area contributed by atoms with Gasteiger partial charge in [-0.15, -0.1) is 0 Å². The molecule has 88 valence electrons. The summed E-state index contributed by atoms with van der Waals surface area (Å²) in [6, 6.07) is 4.06. The van der Waals surface area contributed by atoms with E-state index in [4.69, 9.17) is 0 Å². The Bertz CT molecular complexity index is 708. The first-order valence-corrected chi connectivity index (χ1v) is 5.96. The molecule has 4 heteroatoms. The third-order valence-corrected chi connectivity index (χ3v) is 3.12. The van der Waals surface area contributed by atoms with Gasteiger partial charge in [-0.25, -0.2) is 0 Å². The molecule has 0 atom stereocenters. The fraction of sp³-hybridized carbons (Fsp3) is 0.308. The van der Waals surface area contributed by atoms with Gasteiger partial charge in [-0.1, -0.05) is 6.92 Å². The van der Waals surface area contributed by atoms with Crippen molar-refractivity contribution in [3.05, 3.63) is 44.4 Å². The Morgan fingerprint density at radius 1 is 1.29 bits per heavy atom. The third-order valence-electron chi connectivity index (χ3n) is 3.12. The highest BCUT2D eigenvalue weighted by Crippen LogP contribution is 2.26. The molecule has 3 rings (SSSR count). The lowest BCUT2D eigenvalue weighted by atomic mass is 10.3. The van der Waals surface area contributed by atoms with Gasteiger partial charge >= 0.3 is 0 Å². The molecule has 0 bridgehead atoms. The summed E-state index contributed by atoms with van der Waals surface area (Å²) < 4.78 is 0. The number of rotatable bonds is 2. The molecular weight excluding hydrogens is 214 g/mol. The highest BCUT2D eigenvalue weighted by Gasteiger charge is 2.14. The van der Waals surface area contributed by atoms with E-state index in [9.17, 15) is 4.79 Å². The zero-order valence-corrected chi connectivity index (χ0v) is 9.76. The lowest BCUT2D eigenvalue weighted by molar-refractivity contribution is 1.03. The van der Waals surface area contributed by atoms with Crippen LogP contribution in [0.15, 0.2) is 16.9 Å². The van der Waals surface area contributed by atoms with Crippen molar-refractivity contribution >= 4 is 11.6 Å². The molecule has 0 amide bonds. The molecule has 1 aliphatic carbocycles. The van der Waals surface area contributed by atoms with Crippen LogP contribution in [0.2, 0.25) is 0 Å². The molecule has 1 aliphatic rings. The smallest absolute Gasteiger partial charge is 0.271 e. The maximum absolute atomic E-state index is 11.7. The first-order valence-electron chi connectivity index (χ1n) is 5.96. The van der Waals surface area contributed by atoms with Gasteiger partial charge in [0.15, 0.2) is 0 Å². The van der Waals surface area contributed by atoms with Crippen LogP contribution in [0.4, 0.5) is 0 Å². The number of hydrogen-bond donors (Lipinski definition) is 3. The standard InChI is InChI=1S/C13H15N3O/c1-2-9-5-6-10(14-9)7-11-12(8-3-4-8)15-16-13(11)17/h5-7,14-15H,2-4H2,1H3,(H,16,17). The predicted molar refractivity (Wildman–Crippen MR) is 67.0 cm³/mol. The Labute approximate surface area is 98.1 Å². The Kier molecular flexibility index (Phi) is 2.28. The SMILES string of the molecule is CCc1ccc(C=c2c(=O)[nH][nH]c2=C2CC2)[nH]1. The van der Waals surface area contributed by atoms with E-state index in [2.05, 4.69) is 28.2 Å². The highest BCUT2D eigenvalue weighted by atomic mass is 16.1. The Hall–Kier alpha value is -1.97. The van der Waals surface area contributed by atoms with E-state index in [-0.39, 0.29) is 5.56 Å².